The molecule has 1 radical (unpaired) electrons. The van der Waals surface area contributed by atoms with E-state index in [2.05, 4.69) is 126 Å². The number of aromatic nitrogens is 5. The van der Waals surface area contributed by atoms with Gasteiger partial charge in [-0.2, -0.15) is 0 Å². The van der Waals surface area contributed by atoms with Crippen molar-refractivity contribution in [1.82, 2.24) is 24.9 Å². The van der Waals surface area contributed by atoms with Gasteiger partial charge < -0.3 is 0 Å². The molecule has 5 aromatic carbocycles. The van der Waals surface area contributed by atoms with Gasteiger partial charge in [-0.1, -0.05) is 177 Å². The number of para-hydroxylation sites is 2. The van der Waals surface area contributed by atoms with Crippen molar-refractivity contribution in [3.63, 3.8) is 0 Å². The van der Waals surface area contributed by atoms with Crippen molar-refractivity contribution < 1.29 is 0 Å². The lowest BCUT2D eigenvalue weighted by Crippen LogP contribution is -2.34. The molecule has 285 valence electrons. The van der Waals surface area contributed by atoms with Gasteiger partial charge in [-0.25, -0.2) is 24.9 Å². The molecule has 57 heavy (non-hydrogen) atoms. The summed E-state index contributed by atoms with van der Waals surface area (Å²) >= 11 is 0. The molecule has 0 aliphatic carbocycles. The molecule has 1 aliphatic rings. The highest BCUT2D eigenvalue weighted by Gasteiger charge is 2.46. The van der Waals surface area contributed by atoms with E-state index in [1.54, 1.807) is 0 Å². The van der Waals surface area contributed by atoms with Crippen LogP contribution in [0.5, 0.6) is 0 Å². The van der Waals surface area contributed by atoms with Crippen LogP contribution in [-0.4, -0.2) is 24.9 Å². The van der Waals surface area contributed by atoms with Crippen LogP contribution in [0.3, 0.4) is 0 Å². The summed E-state index contributed by atoms with van der Waals surface area (Å²) in [6, 6.07) is 42.3. The third kappa shape index (κ3) is 7.07. The van der Waals surface area contributed by atoms with E-state index in [4.69, 9.17) is 24.9 Å². The third-order valence-electron chi connectivity index (χ3n) is 10.7. The smallest absolute Gasteiger partial charge is 0.199 e. The Morgan fingerprint density at radius 3 is 1.00 bits per heavy atom. The molecule has 1 aliphatic heterocycles. The molecule has 0 N–H and O–H groups in total. The molecule has 0 atom stereocenters. The Bertz CT molecular complexity index is 2290. The first kappa shape index (κ1) is 37.7. The maximum Gasteiger partial charge on any atom is 0.199 e. The van der Waals surface area contributed by atoms with Crippen molar-refractivity contribution >= 4 is 23.0 Å². The second kappa shape index (κ2) is 15.7. The van der Waals surface area contributed by atoms with Crippen LogP contribution in [0.1, 0.15) is 107 Å². The summed E-state index contributed by atoms with van der Waals surface area (Å²) in [7, 11) is 0. The van der Waals surface area contributed by atoms with Gasteiger partial charge in [0.1, 0.15) is 0 Å². The predicted octanol–water partition coefficient (Wildman–Crippen LogP) is 13.0. The van der Waals surface area contributed by atoms with Crippen LogP contribution < -0.4 is 9.80 Å². The summed E-state index contributed by atoms with van der Waals surface area (Å²) in [4.78, 5) is 30.0. The third-order valence-corrected chi connectivity index (χ3v) is 10.7. The minimum Gasteiger partial charge on any atom is -0.290 e. The molecule has 0 saturated heterocycles. The van der Waals surface area contributed by atoms with E-state index in [1.165, 1.54) is 22.3 Å². The summed E-state index contributed by atoms with van der Waals surface area (Å²) in [6.45, 7) is 18.2. The Kier molecular flexibility index (Phi) is 10.4. The van der Waals surface area contributed by atoms with Crippen LogP contribution in [-0.2, 0) is 0 Å². The number of hydrogen-bond acceptors (Lipinski definition) is 7. The lowest BCUT2D eigenvalue weighted by atomic mass is 9.90. The number of nitrogens with zero attached hydrogens (tertiary/aromatic N) is 7. The van der Waals surface area contributed by atoms with E-state index >= 15 is 0 Å². The zero-order chi connectivity index (χ0) is 39.8. The van der Waals surface area contributed by atoms with Crippen LogP contribution in [0.15, 0.2) is 134 Å². The van der Waals surface area contributed by atoms with Gasteiger partial charge in [0, 0.05) is 34.6 Å². The highest BCUT2D eigenvalue weighted by atomic mass is 15.5. The molecule has 0 spiro atoms. The fourth-order valence-corrected chi connectivity index (χ4v) is 7.87. The monoisotopic (exact) mass is 748 g/mol. The van der Waals surface area contributed by atoms with Gasteiger partial charge in [0.05, 0.1) is 11.4 Å². The largest absolute Gasteiger partial charge is 0.290 e. The molecule has 0 saturated carbocycles. The lowest BCUT2D eigenvalue weighted by Gasteiger charge is -2.36. The second-order valence-electron chi connectivity index (χ2n) is 16.0. The zero-order valence-corrected chi connectivity index (χ0v) is 34.1. The zero-order valence-electron chi connectivity index (χ0n) is 34.1. The van der Waals surface area contributed by atoms with Crippen molar-refractivity contribution in [2.24, 2.45) is 0 Å². The van der Waals surface area contributed by atoms with Gasteiger partial charge in [0.25, 0.3) is 0 Å². The lowest BCUT2D eigenvalue weighted by molar-refractivity contribution is 0.805. The maximum atomic E-state index is 5.13. The average Bonchev–Trinajstić information content (AvgIpc) is 3.58. The van der Waals surface area contributed by atoms with Gasteiger partial charge in [0.15, 0.2) is 35.3 Å². The Labute approximate surface area is 337 Å². The first-order chi connectivity index (χ1) is 27.6. The molecule has 8 rings (SSSR count). The SMILES string of the molecule is CC(C)c1cccc(C(C)C)c1N1[C](c2ccc(-c3nc(-c4ccccc4)nc(-c4ccccc4)n3)cc2)N(c2c(C(C)C)cccc2C(C)C)c2nccnc21. The summed E-state index contributed by atoms with van der Waals surface area (Å²) in [5, 5.41) is 0. The maximum absolute atomic E-state index is 5.13. The molecule has 3 heterocycles. The molecule has 7 aromatic rings. The highest BCUT2D eigenvalue weighted by molar-refractivity contribution is 5.93. The number of anilines is 4. The first-order valence-corrected chi connectivity index (χ1v) is 20.1. The number of benzene rings is 5. The number of fused-ring (bicyclic) bond motifs is 1. The average molecular weight is 749 g/mol. The summed E-state index contributed by atoms with van der Waals surface area (Å²) < 4.78 is 0. The number of hydrogen-bond donors (Lipinski definition) is 0. The van der Waals surface area contributed by atoms with Crippen LogP contribution in [0.2, 0.25) is 0 Å². The van der Waals surface area contributed by atoms with E-state index in [0.29, 0.717) is 17.5 Å². The molecule has 2 aromatic heterocycles. The Morgan fingerprint density at radius 1 is 0.351 bits per heavy atom. The first-order valence-electron chi connectivity index (χ1n) is 20.1. The predicted molar refractivity (Wildman–Crippen MR) is 234 cm³/mol. The molecule has 0 unspecified atom stereocenters. The summed E-state index contributed by atoms with van der Waals surface area (Å²) in [5.41, 5.74) is 11.2. The minimum atomic E-state index is 0.270. The van der Waals surface area contributed by atoms with Crippen LogP contribution in [0.25, 0.3) is 34.2 Å². The van der Waals surface area contributed by atoms with Crippen molar-refractivity contribution in [3.8, 4) is 34.2 Å². The molecular weight excluding hydrogens is 699 g/mol. The Balaban J connectivity index is 1.36. The molecule has 7 heteroatoms. The summed E-state index contributed by atoms with van der Waals surface area (Å²) in [6.07, 6.45) is 4.63. The van der Waals surface area contributed by atoms with Gasteiger partial charge in [0.2, 0.25) is 0 Å². The minimum absolute atomic E-state index is 0.270. The van der Waals surface area contributed by atoms with Crippen molar-refractivity contribution in [3.05, 3.63) is 168 Å². The summed E-state index contributed by atoms with van der Waals surface area (Å²) in [5.74, 6) is 4.60. The van der Waals surface area contributed by atoms with Gasteiger partial charge >= 0.3 is 0 Å². The molecular formula is C50H50N7. The topological polar surface area (TPSA) is 70.9 Å². The van der Waals surface area contributed by atoms with Crippen molar-refractivity contribution in [2.45, 2.75) is 79.1 Å². The Hall–Kier alpha value is -6.21. The second-order valence-corrected chi connectivity index (χ2v) is 16.0. The molecule has 0 bridgehead atoms. The van der Waals surface area contributed by atoms with E-state index in [1.807, 2.05) is 73.1 Å². The normalized spacial score (nSPS) is 13.1. The van der Waals surface area contributed by atoms with Gasteiger partial charge in [-0.3, -0.25) is 9.80 Å². The quantitative estimate of drug-likeness (QED) is 0.138. The van der Waals surface area contributed by atoms with Crippen LogP contribution in [0, 0.1) is 6.17 Å². The van der Waals surface area contributed by atoms with E-state index in [-0.39, 0.29) is 23.7 Å². The van der Waals surface area contributed by atoms with Crippen LogP contribution >= 0.6 is 0 Å². The van der Waals surface area contributed by atoms with E-state index in [0.717, 1.165) is 51.4 Å². The fraction of sp³-hybridized carbons (Fsp3) is 0.240. The van der Waals surface area contributed by atoms with Gasteiger partial charge in [-0.15, -0.1) is 0 Å². The highest BCUT2D eigenvalue weighted by Crippen LogP contribution is 2.56. The van der Waals surface area contributed by atoms with Crippen molar-refractivity contribution in [2.75, 3.05) is 9.80 Å². The molecule has 7 nitrogen and oxygen atoms in total. The van der Waals surface area contributed by atoms with Crippen molar-refractivity contribution in [1.29, 1.82) is 0 Å². The van der Waals surface area contributed by atoms with Crippen LogP contribution in [0.4, 0.5) is 23.0 Å². The molecule has 0 fully saturated rings. The molecule has 0 amide bonds. The fourth-order valence-electron chi connectivity index (χ4n) is 7.87. The number of rotatable bonds is 10. The van der Waals surface area contributed by atoms with E-state index in [9.17, 15) is 0 Å². The standard InChI is InChI=1S/C50H50N7/c1-31(2)39-21-15-22-40(32(3)4)43(39)56-48-49(52-30-29-51-48)57(44-41(33(5)6)23-16-24-42(44)34(7)8)50(56)38-27-25-37(26-28-38)47-54-45(35-17-11-9-12-18-35)53-46(55-47)36-19-13-10-14-20-36/h9-34H,1-8H3. The Morgan fingerprint density at radius 2 is 0.667 bits per heavy atom. The van der Waals surface area contributed by atoms with E-state index < -0.39 is 0 Å². The van der Waals surface area contributed by atoms with Gasteiger partial charge in [-0.05, 0) is 45.9 Å².